The molecule has 0 fully saturated rings. The monoisotopic (exact) mass is 251 g/mol. The van der Waals surface area contributed by atoms with Crippen molar-refractivity contribution in [2.45, 2.75) is 6.92 Å². The van der Waals surface area contributed by atoms with Crippen LogP contribution >= 0.6 is 0 Å². The first-order valence-electron chi connectivity index (χ1n) is 5.53. The first-order chi connectivity index (χ1) is 8.54. The van der Waals surface area contributed by atoms with Gasteiger partial charge in [0.05, 0.1) is 6.54 Å². The van der Waals surface area contributed by atoms with E-state index in [4.69, 9.17) is 5.73 Å². The first kappa shape index (κ1) is 13.8. The topological polar surface area (TPSA) is 93.4 Å². The Morgan fingerprint density at radius 3 is 2.67 bits per heavy atom. The molecule has 1 rings (SSSR count). The highest BCUT2D eigenvalue weighted by Gasteiger charge is 2.06. The fourth-order valence-corrected chi connectivity index (χ4v) is 1.50. The molecule has 1 aromatic carbocycles. The van der Waals surface area contributed by atoms with Crippen molar-refractivity contribution in [2.24, 2.45) is 5.73 Å². The molecule has 0 saturated carbocycles. The molecule has 0 aliphatic heterocycles. The van der Waals surface area contributed by atoms with Crippen molar-refractivity contribution in [2.75, 3.05) is 25.5 Å². The molecular formula is C12H17N3O3. The number of carbonyl (C=O) groups excluding carboxylic acids is 2. The van der Waals surface area contributed by atoms with E-state index in [1.54, 1.807) is 12.1 Å². The third-order valence-electron chi connectivity index (χ3n) is 2.39. The lowest BCUT2D eigenvalue weighted by Crippen LogP contribution is -2.29. The molecule has 6 nitrogen and oxygen atoms in total. The smallest absolute Gasteiger partial charge is 0.404 e. The van der Waals surface area contributed by atoms with Gasteiger partial charge in [-0.2, -0.15) is 0 Å². The zero-order chi connectivity index (χ0) is 13.5. The molecule has 1 aromatic rings. The lowest BCUT2D eigenvalue weighted by Gasteiger charge is -2.08. The maximum atomic E-state index is 11.7. The molecule has 0 atom stereocenters. The van der Waals surface area contributed by atoms with E-state index in [-0.39, 0.29) is 19.1 Å². The minimum absolute atomic E-state index is 0.0641. The van der Waals surface area contributed by atoms with Crippen LogP contribution in [0.4, 0.5) is 10.5 Å². The molecular weight excluding hydrogens is 234 g/mol. The Kier molecular flexibility index (Phi) is 4.98. The molecule has 0 radical (unpaired) electrons. The van der Waals surface area contributed by atoms with E-state index in [1.165, 1.54) is 0 Å². The molecule has 0 unspecified atom stereocenters. The maximum Gasteiger partial charge on any atom is 0.404 e. The van der Waals surface area contributed by atoms with Gasteiger partial charge in [-0.25, -0.2) is 4.79 Å². The summed E-state index contributed by atoms with van der Waals surface area (Å²) in [6.07, 6.45) is -0.849. The quantitative estimate of drug-likeness (QED) is 0.677. The maximum absolute atomic E-state index is 11.7. The van der Waals surface area contributed by atoms with Crippen LogP contribution in [0.1, 0.15) is 15.9 Å². The summed E-state index contributed by atoms with van der Waals surface area (Å²) in [6, 6.07) is 5.35. The molecule has 0 heterocycles. The van der Waals surface area contributed by atoms with Gasteiger partial charge in [0, 0.05) is 18.3 Å². The second-order valence-corrected chi connectivity index (χ2v) is 3.70. The lowest BCUT2D eigenvalue weighted by molar-refractivity contribution is 0.0937. The van der Waals surface area contributed by atoms with Crippen LogP contribution in [-0.4, -0.2) is 32.2 Å². The van der Waals surface area contributed by atoms with Crippen molar-refractivity contribution in [3.05, 3.63) is 29.3 Å². The number of nitrogens with one attached hydrogen (secondary N) is 2. The fraction of sp³-hybridized carbons (Fsp3) is 0.333. The number of aryl methyl sites for hydroxylation is 1. The van der Waals surface area contributed by atoms with Gasteiger partial charge in [0.25, 0.3) is 5.91 Å². The summed E-state index contributed by atoms with van der Waals surface area (Å²) in [7, 11) is 1.82. The number of hydrogen-bond acceptors (Lipinski definition) is 4. The van der Waals surface area contributed by atoms with Gasteiger partial charge >= 0.3 is 6.09 Å². The number of benzene rings is 1. The number of ether oxygens (including phenoxy) is 1. The highest BCUT2D eigenvalue weighted by Crippen LogP contribution is 2.15. The standard InChI is InChI=1S/C12H17N3O3/c1-8-7-9(3-4-10(8)14-2)11(16)15-5-6-18-12(13)17/h3-4,7,14H,5-6H2,1-2H3,(H2,13,17)(H,15,16). The van der Waals surface area contributed by atoms with Crippen molar-refractivity contribution < 1.29 is 14.3 Å². The molecule has 18 heavy (non-hydrogen) atoms. The van der Waals surface area contributed by atoms with Crippen LogP contribution < -0.4 is 16.4 Å². The van der Waals surface area contributed by atoms with E-state index in [0.717, 1.165) is 11.3 Å². The van der Waals surface area contributed by atoms with E-state index in [2.05, 4.69) is 15.4 Å². The summed E-state index contributed by atoms with van der Waals surface area (Å²) >= 11 is 0. The highest BCUT2D eigenvalue weighted by atomic mass is 16.5. The van der Waals surface area contributed by atoms with Crippen molar-refractivity contribution in [1.82, 2.24) is 5.32 Å². The molecule has 0 aromatic heterocycles. The van der Waals surface area contributed by atoms with Gasteiger partial charge < -0.3 is 21.1 Å². The average Bonchev–Trinajstić information content (AvgIpc) is 2.34. The van der Waals surface area contributed by atoms with Crippen molar-refractivity contribution in [3.8, 4) is 0 Å². The lowest BCUT2D eigenvalue weighted by atomic mass is 10.1. The predicted molar refractivity (Wildman–Crippen MR) is 68.6 cm³/mol. The Morgan fingerprint density at radius 2 is 2.11 bits per heavy atom. The Balaban J connectivity index is 2.51. The summed E-state index contributed by atoms with van der Waals surface area (Å²) in [5, 5.41) is 5.65. The summed E-state index contributed by atoms with van der Waals surface area (Å²) in [5.74, 6) is -0.214. The van der Waals surface area contributed by atoms with E-state index in [1.807, 2.05) is 20.0 Å². The highest BCUT2D eigenvalue weighted by molar-refractivity contribution is 5.94. The van der Waals surface area contributed by atoms with Gasteiger partial charge in [0.2, 0.25) is 0 Å². The van der Waals surface area contributed by atoms with Crippen LogP contribution in [0, 0.1) is 6.92 Å². The minimum Gasteiger partial charge on any atom is -0.448 e. The molecule has 0 bridgehead atoms. The van der Waals surface area contributed by atoms with Crippen LogP contribution in [0.2, 0.25) is 0 Å². The fourth-order valence-electron chi connectivity index (χ4n) is 1.50. The molecule has 0 saturated heterocycles. The van der Waals surface area contributed by atoms with Crippen LogP contribution in [0.25, 0.3) is 0 Å². The van der Waals surface area contributed by atoms with Crippen LogP contribution in [0.5, 0.6) is 0 Å². The zero-order valence-corrected chi connectivity index (χ0v) is 10.4. The van der Waals surface area contributed by atoms with Gasteiger partial charge in [-0.05, 0) is 30.7 Å². The van der Waals surface area contributed by atoms with E-state index in [9.17, 15) is 9.59 Å². The SMILES string of the molecule is CNc1ccc(C(=O)NCCOC(N)=O)cc1C. The molecule has 4 N–H and O–H groups in total. The molecule has 0 aliphatic rings. The van der Waals surface area contributed by atoms with Crippen molar-refractivity contribution >= 4 is 17.7 Å². The van der Waals surface area contributed by atoms with E-state index >= 15 is 0 Å². The minimum atomic E-state index is -0.849. The Labute approximate surface area is 105 Å². The Bertz CT molecular complexity index is 446. The Morgan fingerprint density at radius 1 is 1.39 bits per heavy atom. The van der Waals surface area contributed by atoms with Crippen LogP contribution in [0.3, 0.4) is 0 Å². The number of carbonyl (C=O) groups is 2. The van der Waals surface area contributed by atoms with Crippen molar-refractivity contribution in [3.63, 3.8) is 0 Å². The molecule has 0 spiro atoms. The molecule has 0 aliphatic carbocycles. The van der Waals surface area contributed by atoms with Gasteiger partial charge in [0.15, 0.2) is 0 Å². The summed E-state index contributed by atoms with van der Waals surface area (Å²) < 4.78 is 4.50. The number of primary amides is 1. The van der Waals surface area contributed by atoms with Gasteiger partial charge in [-0.3, -0.25) is 4.79 Å². The third-order valence-corrected chi connectivity index (χ3v) is 2.39. The Hall–Kier alpha value is -2.24. The number of nitrogens with two attached hydrogens (primary N) is 1. The number of anilines is 1. The van der Waals surface area contributed by atoms with E-state index < -0.39 is 6.09 Å². The zero-order valence-electron chi connectivity index (χ0n) is 10.4. The summed E-state index contributed by atoms with van der Waals surface area (Å²) in [5.41, 5.74) is 7.31. The average molecular weight is 251 g/mol. The van der Waals surface area contributed by atoms with Gasteiger partial charge in [-0.1, -0.05) is 0 Å². The van der Waals surface area contributed by atoms with Gasteiger partial charge in [-0.15, -0.1) is 0 Å². The van der Waals surface area contributed by atoms with Crippen molar-refractivity contribution in [1.29, 1.82) is 0 Å². The molecule has 98 valence electrons. The van der Waals surface area contributed by atoms with E-state index in [0.29, 0.717) is 5.56 Å². The largest absolute Gasteiger partial charge is 0.448 e. The summed E-state index contributed by atoms with van der Waals surface area (Å²) in [4.78, 5) is 22.0. The first-order valence-corrected chi connectivity index (χ1v) is 5.53. The van der Waals surface area contributed by atoms with Crippen LogP contribution in [-0.2, 0) is 4.74 Å². The molecule has 6 heteroatoms. The van der Waals surface area contributed by atoms with Gasteiger partial charge in [0.1, 0.15) is 6.61 Å². The second-order valence-electron chi connectivity index (χ2n) is 3.70. The molecule has 2 amide bonds. The predicted octanol–water partition coefficient (Wildman–Crippen LogP) is 0.862. The summed E-state index contributed by atoms with van der Waals surface area (Å²) in [6.45, 7) is 2.21. The third kappa shape index (κ3) is 3.97. The van der Waals surface area contributed by atoms with Crippen LogP contribution in [0.15, 0.2) is 18.2 Å². The number of rotatable bonds is 5. The normalized spacial score (nSPS) is 9.67. The number of amides is 2. The number of hydrogen-bond donors (Lipinski definition) is 3. The second kappa shape index (κ2) is 6.48.